The van der Waals surface area contributed by atoms with E-state index >= 15 is 0 Å². The normalized spacial score (nSPS) is 11.1. The molecule has 0 spiro atoms. The quantitative estimate of drug-likeness (QED) is 0.444. The first-order chi connectivity index (χ1) is 14.8. The predicted molar refractivity (Wildman–Crippen MR) is 120 cm³/mol. The lowest BCUT2D eigenvalue weighted by Crippen LogP contribution is -2.14. The maximum Gasteiger partial charge on any atom is 0.335 e. The summed E-state index contributed by atoms with van der Waals surface area (Å²) in [7, 11) is 0. The smallest absolute Gasteiger partial charge is 0.335 e. The summed E-state index contributed by atoms with van der Waals surface area (Å²) in [6, 6.07) is 18.0. The molecule has 2 aromatic carbocycles. The zero-order chi connectivity index (χ0) is 22.5. The van der Waals surface area contributed by atoms with Crippen LogP contribution >= 0.6 is 0 Å². The number of carboxylic acid groups (broad SMARTS) is 1. The van der Waals surface area contributed by atoms with Crippen molar-refractivity contribution in [3.8, 4) is 11.8 Å². The monoisotopic (exact) mass is 413 g/mol. The number of carboxylic acids is 1. The molecule has 3 rings (SSSR count). The van der Waals surface area contributed by atoms with E-state index in [1.54, 1.807) is 12.1 Å². The molecule has 6 heteroatoms. The van der Waals surface area contributed by atoms with Crippen molar-refractivity contribution in [2.45, 2.75) is 27.2 Å². The van der Waals surface area contributed by atoms with Gasteiger partial charge in [-0.05, 0) is 73.9 Å². The maximum absolute atomic E-state index is 12.6. The highest BCUT2D eigenvalue weighted by molar-refractivity contribution is 6.10. The molecule has 0 aliphatic rings. The zero-order valence-corrected chi connectivity index (χ0v) is 17.6. The number of carbonyl (C=O) groups excluding carboxylic acids is 1. The van der Waals surface area contributed by atoms with Crippen LogP contribution in [0, 0.1) is 25.2 Å². The molecule has 0 saturated heterocycles. The number of nitriles is 1. The highest BCUT2D eigenvalue weighted by atomic mass is 16.4. The van der Waals surface area contributed by atoms with Crippen molar-refractivity contribution in [2.75, 3.05) is 5.32 Å². The number of carbonyl (C=O) groups is 2. The Morgan fingerprint density at radius 3 is 2.45 bits per heavy atom. The Bertz CT molecular complexity index is 1210. The molecule has 0 aliphatic heterocycles. The number of aromatic nitrogens is 1. The van der Waals surface area contributed by atoms with Gasteiger partial charge in [0.25, 0.3) is 5.91 Å². The molecule has 0 fully saturated rings. The van der Waals surface area contributed by atoms with Crippen molar-refractivity contribution in [3.05, 3.63) is 88.2 Å². The number of nitrogens with one attached hydrogen (secondary N) is 1. The average molecular weight is 413 g/mol. The van der Waals surface area contributed by atoms with Crippen LogP contribution in [0.4, 0.5) is 5.69 Å². The first-order valence-electron chi connectivity index (χ1n) is 9.88. The third-order valence-electron chi connectivity index (χ3n) is 5.11. The van der Waals surface area contributed by atoms with Crippen LogP contribution in [0.1, 0.15) is 39.8 Å². The molecule has 0 radical (unpaired) electrons. The van der Waals surface area contributed by atoms with E-state index < -0.39 is 11.9 Å². The lowest BCUT2D eigenvalue weighted by atomic mass is 10.1. The van der Waals surface area contributed by atoms with Crippen LogP contribution in [-0.4, -0.2) is 21.6 Å². The Morgan fingerprint density at radius 2 is 1.84 bits per heavy atom. The summed E-state index contributed by atoms with van der Waals surface area (Å²) in [6.45, 7) is 6.02. The fourth-order valence-electron chi connectivity index (χ4n) is 3.44. The van der Waals surface area contributed by atoms with Crippen LogP contribution in [0.5, 0.6) is 0 Å². The first kappa shape index (κ1) is 21.6. The number of hydrogen-bond acceptors (Lipinski definition) is 3. The third kappa shape index (κ3) is 4.73. The summed E-state index contributed by atoms with van der Waals surface area (Å²) in [5.41, 5.74) is 5.23. The standard InChI is InChI=1S/C25H23N3O3/c1-4-18-8-10-23(11-9-18)28-16(2)12-20(17(28)3)13-21(15-26)24(29)27-22-7-5-6-19(14-22)25(30)31/h5-14H,4H2,1-3H3,(H,27,29)(H,30,31)/b21-13-. The van der Waals surface area contributed by atoms with E-state index in [0.717, 1.165) is 29.1 Å². The first-order valence-corrected chi connectivity index (χ1v) is 9.88. The second-order valence-corrected chi connectivity index (χ2v) is 7.19. The summed E-state index contributed by atoms with van der Waals surface area (Å²) in [4.78, 5) is 23.7. The molecule has 0 bridgehead atoms. The molecule has 6 nitrogen and oxygen atoms in total. The van der Waals surface area contributed by atoms with Gasteiger partial charge in [-0.15, -0.1) is 0 Å². The van der Waals surface area contributed by atoms with E-state index in [9.17, 15) is 14.9 Å². The van der Waals surface area contributed by atoms with Crippen molar-refractivity contribution in [1.29, 1.82) is 5.26 Å². The number of nitrogens with zero attached hydrogens (tertiary/aromatic N) is 2. The second kappa shape index (κ2) is 9.14. The zero-order valence-electron chi connectivity index (χ0n) is 17.6. The molecule has 156 valence electrons. The van der Waals surface area contributed by atoms with Gasteiger partial charge in [0.2, 0.25) is 0 Å². The molecule has 0 unspecified atom stereocenters. The number of anilines is 1. The van der Waals surface area contributed by atoms with E-state index in [1.807, 2.05) is 26.0 Å². The van der Waals surface area contributed by atoms with Crippen molar-refractivity contribution < 1.29 is 14.7 Å². The van der Waals surface area contributed by atoms with E-state index in [-0.39, 0.29) is 11.1 Å². The van der Waals surface area contributed by atoms with Gasteiger partial charge in [0, 0.05) is 22.8 Å². The van der Waals surface area contributed by atoms with E-state index in [0.29, 0.717) is 5.69 Å². The van der Waals surface area contributed by atoms with Crippen LogP contribution in [0.3, 0.4) is 0 Å². The molecular formula is C25H23N3O3. The molecule has 0 atom stereocenters. The van der Waals surface area contributed by atoms with Crippen LogP contribution in [-0.2, 0) is 11.2 Å². The van der Waals surface area contributed by atoms with Crippen molar-refractivity contribution in [1.82, 2.24) is 4.57 Å². The van der Waals surface area contributed by atoms with Crippen LogP contribution in [0.15, 0.2) is 60.2 Å². The number of rotatable bonds is 6. The van der Waals surface area contributed by atoms with Gasteiger partial charge in [-0.3, -0.25) is 4.79 Å². The molecule has 31 heavy (non-hydrogen) atoms. The summed E-state index contributed by atoms with van der Waals surface area (Å²) in [6.07, 6.45) is 2.52. The topological polar surface area (TPSA) is 95.1 Å². The largest absolute Gasteiger partial charge is 0.478 e. The molecular weight excluding hydrogens is 390 g/mol. The summed E-state index contributed by atoms with van der Waals surface area (Å²) in [5.74, 6) is -1.69. The minimum absolute atomic E-state index is 0.0536. The lowest BCUT2D eigenvalue weighted by Gasteiger charge is -2.10. The third-order valence-corrected chi connectivity index (χ3v) is 5.11. The molecule has 1 aromatic heterocycles. The summed E-state index contributed by atoms with van der Waals surface area (Å²) in [5, 5.41) is 21.2. The lowest BCUT2D eigenvalue weighted by molar-refractivity contribution is -0.112. The summed E-state index contributed by atoms with van der Waals surface area (Å²) >= 11 is 0. The minimum Gasteiger partial charge on any atom is -0.478 e. The van der Waals surface area contributed by atoms with Gasteiger partial charge in [-0.25, -0.2) is 4.79 Å². The molecule has 3 aromatic rings. The average Bonchev–Trinajstić information content (AvgIpc) is 3.04. The van der Waals surface area contributed by atoms with Crippen molar-refractivity contribution >= 4 is 23.6 Å². The fraction of sp³-hybridized carbons (Fsp3) is 0.160. The van der Waals surface area contributed by atoms with Gasteiger partial charge in [0.15, 0.2) is 0 Å². The van der Waals surface area contributed by atoms with Gasteiger partial charge in [0.1, 0.15) is 11.6 Å². The van der Waals surface area contributed by atoms with Gasteiger partial charge in [-0.1, -0.05) is 25.1 Å². The van der Waals surface area contributed by atoms with Gasteiger partial charge in [0.05, 0.1) is 5.56 Å². The SMILES string of the molecule is CCc1ccc(-n2c(C)cc(/C=C(/C#N)C(=O)Nc3cccc(C(=O)O)c3)c2C)cc1. The Labute approximate surface area is 181 Å². The summed E-state index contributed by atoms with van der Waals surface area (Å²) < 4.78 is 2.08. The molecule has 2 N–H and O–H groups in total. The Balaban J connectivity index is 1.90. The molecule has 1 heterocycles. The number of aromatic carboxylic acids is 1. The van der Waals surface area contributed by atoms with Crippen molar-refractivity contribution in [2.24, 2.45) is 0 Å². The Kier molecular flexibility index (Phi) is 6.37. The number of aryl methyl sites for hydroxylation is 2. The maximum atomic E-state index is 12.6. The van der Waals surface area contributed by atoms with E-state index in [4.69, 9.17) is 5.11 Å². The molecule has 0 saturated carbocycles. The van der Waals surface area contributed by atoms with Crippen LogP contribution in [0.2, 0.25) is 0 Å². The highest BCUT2D eigenvalue weighted by Gasteiger charge is 2.15. The minimum atomic E-state index is -1.09. The molecule has 0 aliphatic carbocycles. The predicted octanol–water partition coefficient (Wildman–Crippen LogP) is 4.90. The molecule has 1 amide bonds. The van der Waals surface area contributed by atoms with Gasteiger partial charge >= 0.3 is 5.97 Å². The van der Waals surface area contributed by atoms with Crippen molar-refractivity contribution in [3.63, 3.8) is 0 Å². The van der Waals surface area contributed by atoms with Gasteiger partial charge in [-0.2, -0.15) is 5.26 Å². The van der Waals surface area contributed by atoms with E-state index in [1.165, 1.54) is 23.8 Å². The fourth-order valence-corrected chi connectivity index (χ4v) is 3.44. The number of hydrogen-bond donors (Lipinski definition) is 2. The second-order valence-electron chi connectivity index (χ2n) is 7.19. The van der Waals surface area contributed by atoms with E-state index in [2.05, 4.69) is 41.1 Å². The van der Waals surface area contributed by atoms with Crippen LogP contribution in [0.25, 0.3) is 11.8 Å². The number of amides is 1. The van der Waals surface area contributed by atoms with Crippen LogP contribution < -0.4 is 5.32 Å². The Hall–Kier alpha value is -4.11. The highest BCUT2D eigenvalue weighted by Crippen LogP contribution is 2.23. The Morgan fingerprint density at radius 1 is 1.13 bits per heavy atom. The number of benzene rings is 2. The van der Waals surface area contributed by atoms with Gasteiger partial charge < -0.3 is 15.0 Å².